The van der Waals surface area contributed by atoms with Crippen molar-refractivity contribution in [2.75, 3.05) is 0 Å². The molecule has 2 aromatic carbocycles. The van der Waals surface area contributed by atoms with Crippen LogP contribution >= 0.6 is 0 Å². The summed E-state index contributed by atoms with van der Waals surface area (Å²) in [6.07, 6.45) is -0.761. The summed E-state index contributed by atoms with van der Waals surface area (Å²) >= 11 is 0. The zero-order valence-corrected chi connectivity index (χ0v) is 12.5. The SMILES string of the molecule is O=C=COc1cccc([C@@H](O)[C@H](O)c2cccc(OC=C=O)c2)c1. The van der Waals surface area contributed by atoms with Crippen LogP contribution in [0.1, 0.15) is 23.3 Å². The van der Waals surface area contributed by atoms with Crippen LogP contribution in [0.4, 0.5) is 0 Å². The molecule has 2 aromatic rings. The first kappa shape index (κ1) is 17.2. The highest BCUT2D eigenvalue weighted by atomic mass is 16.5. The zero-order valence-electron chi connectivity index (χ0n) is 12.5. The van der Waals surface area contributed by atoms with Crippen LogP contribution in [-0.2, 0) is 9.59 Å². The van der Waals surface area contributed by atoms with E-state index in [1.54, 1.807) is 36.4 Å². The van der Waals surface area contributed by atoms with Crippen LogP contribution in [0.15, 0.2) is 61.1 Å². The second-order valence-electron chi connectivity index (χ2n) is 4.74. The summed E-state index contributed by atoms with van der Waals surface area (Å²) in [5.74, 6) is 3.62. The van der Waals surface area contributed by atoms with Gasteiger partial charge in [0.1, 0.15) is 23.7 Å². The number of benzene rings is 2. The fraction of sp³-hybridized carbons (Fsp3) is 0.111. The third-order valence-electron chi connectivity index (χ3n) is 3.18. The minimum Gasteiger partial charge on any atom is -0.453 e. The van der Waals surface area contributed by atoms with Crippen LogP contribution in [0.3, 0.4) is 0 Å². The van der Waals surface area contributed by atoms with Crippen molar-refractivity contribution in [3.63, 3.8) is 0 Å². The first-order chi connectivity index (χ1) is 11.7. The van der Waals surface area contributed by atoms with Crippen molar-refractivity contribution in [2.24, 2.45) is 0 Å². The molecule has 6 nitrogen and oxygen atoms in total. The topological polar surface area (TPSA) is 93.1 Å². The van der Waals surface area contributed by atoms with E-state index in [1.807, 2.05) is 0 Å². The Morgan fingerprint density at radius 3 is 1.58 bits per heavy atom. The molecular weight excluding hydrogens is 312 g/mol. The van der Waals surface area contributed by atoms with Gasteiger partial charge in [0, 0.05) is 0 Å². The highest BCUT2D eigenvalue weighted by molar-refractivity contribution is 5.45. The van der Waals surface area contributed by atoms with Gasteiger partial charge >= 0.3 is 0 Å². The van der Waals surface area contributed by atoms with Crippen molar-refractivity contribution in [3.8, 4) is 11.5 Å². The molecule has 0 spiro atoms. The fourth-order valence-electron chi connectivity index (χ4n) is 2.09. The molecule has 0 heterocycles. The van der Waals surface area contributed by atoms with Crippen molar-refractivity contribution >= 4 is 11.9 Å². The van der Waals surface area contributed by atoms with Gasteiger partial charge in [-0.1, -0.05) is 24.3 Å². The number of hydrogen-bond acceptors (Lipinski definition) is 6. The lowest BCUT2D eigenvalue weighted by Gasteiger charge is -2.19. The number of carbonyl (C=O) groups excluding carboxylic acids is 2. The summed E-state index contributed by atoms with van der Waals surface area (Å²) in [6, 6.07) is 12.6. The molecule has 0 bridgehead atoms. The number of rotatable bonds is 7. The molecular formula is C18H14O6. The third-order valence-corrected chi connectivity index (χ3v) is 3.18. The summed E-state index contributed by atoms with van der Waals surface area (Å²) < 4.78 is 9.99. The smallest absolute Gasteiger partial charge is 0.174 e. The zero-order chi connectivity index (χ0) is 17.4. The van der Waals surface area contributed by atoms with E-state index in [1.165, 1.54) is 24.0 Å². The number of aliphatic hydroxyl groups excluding tert-OH is 2. The first-order valence-electron chi connectivity index (χ1n) is 6.94. The minimum atomic E-state index is -1.23. The fourth-order valence-corrected chi connectivity index (χ4v) is 2.09. The van der Waals surface area contributed by atoms with Crippen molar-refractivity contribution in [3.05, 3.63) is 72.2 Å². The van der Waals surface area contributed by atoms with Gasteiger partial charge in [0.15, 0.2) is 24.4 Å². The Labute approximate surface area is 137 Å². The maximum atomic E-state index is 10.4. The minimum absolute atomic E-state index is 0.329. The molecule has 6 heteroatoms. The van der Waals surface area contributed by atoms with Gasteiger partial charge in [-0.25, -0.2) is 9.59 Å². The summed E-state index contributed by atoms with van der Waals surface area (Å²) in [4.78, 5) is 20.3. The van der Waals surface area contributed by atoms with E-state index in [0.29, 0.717) is 22.6 Å². The molecule has 2 atom stereocenters. The van der Waals surface area contributed by atoms with Gasteiger partial charge < -0.3 is 19.7 Å². The molecule has 0 fully saturated rings. The maximum Gasteiger partial charge on any atom is 0.174 e. The first-order valence-corrected chi connectivity index (χ1v) is 6.94. The Bertz CT molecular complexity index is 720. The number of ether oxygens (including phenoxy) is 2. The van der Waals surface area contributed by atoms with Crippen LogP contribution in [0, 0.1) is 0 Å². The molecule has 0 aliphatic carbocycles. The van der Waals surface area contributed by atoms with Gasteiger partial charge in [-0.05, 0) is 35.4 Å². The number of aliphatic hydroxyl groups is 2. The Hall–Kier alpha value is -3.14. The molecule has 2 rings (SSSR count). The Morgan fingerprint density at radius 1 is 0.792 bits per heavy atom. The summed E-state index contributed by atoms with van der Waals surface area (Å²) in [5, 5.41) is 20.7. The third kappa shape index (κ3) is 4.43. The van der Waals surface area contributed by atoms with Crippen LogP contribution in [-0.4, -0.2) is 22.1 Å². The van der Waals surface area contributed by atoms with Gasteiger partial charge in [-0.3, -0.25) is 0 Å². The van der Waals surface area contributed by atoms with E-state index in [-0.39, 0.29) is 0 Å². The average molecular weight is 326 g/mol. The molecule has 0 saturated heterocycles. The lowest BCUT2D eigenvalue weighted by molar-refractivity contribution is 0.0171. The van der Waals surface area contributed by atoms with Gasteiger partial charge in [-0.15, -0.1) is 0 Å². The predicted octanol–water partition coefficient (Wildman–Crippen LogP) is 1.90. The van der Waals surface area contributed by atoms with Crippen LogP contribution in [0.2, 0.25) is 0 Å². The molecule has 0 amide bonds. The van der Waals surface area contributed by atoms with Crippen molar-refractivity contribution in [1.82, 2.24) is 0 Å². The Kier molecular flexibility index (Phi) is 6.08. The molecule has 0 unspecified atom stereocenters. The Morgan fingerprint density at radius 2 is 1.21 bits per heavy atom. The molecule has 0 radical (unpaired) electrons. The van der Waals surface area contributed by atoms with Crippen molar-refractivity contribution < 1.29 is 29.3 Å². The average Bonchev–Trinajstić information content (AvgIpc) is 2.64. The molecule has 0 aliphatic heterocycles. The normalized spacial score (nSPS) is 12.2. The quantitative estimate of drug-likeness (QED) is 0.596. The second-order valence-corrected chi connectivity index (χ2v) is 4.74. The predicted molar refractivity (Wildman–Crippen MR) is 84.6 cm³/mol. The monoisotopic (exact) mass is 326 g/mol. The maximum absolute atomic E-state index is 10.4. The highest BCUT2D eigenvalue weighted by Gasteiger charge is 2.21. The van der Waals surface area contributed by atoms with Gasteiger partial charge in [0.25, 0.3) is 0 Å². The van der Waals surface area contributed by atoms with Crippen molar-refractivity contribution in [1.29, 1.82) is 0 Å². The van der Waals surface area contributed by atoms with E-state index in [0.717, 1.165) is 12.5 Å². The Balaban J connectivity index is 2.21. The van der Waals surface area contributed by atoms with E-state index < -0.39 is 12.2 Å². The standard InChI is InChI=1S/C18H14O6/c19-7-9-23-15-5-1-3-13(11-15)17(21)18(22)14-4-2-6-16(12-14)24-10-8-20/h1-6,9-12,17-18,21-22H/t17-,18-/m1/s1. The van der Waals surface area contributed by atoms with Gasteiger partial charge in [0.2, 0.25) is 0 Å². The highest BCUT2D eigenvalue weighted by Crippen LogP contribution is 2.31. The van der Waals surface area contributed by atoms with E-state index in [4.69, 9.17) is 9.47 Å². The van der Waals surface area contributed by atoms with E-state index in [2.05, 4.69) is 0 Å². The van der Waals surface area contributed by atoms with Crippen LogP contribution < -0.4 is 9.47 Å². The van der Waals surface area contributed by atoms with E-state index in [9.17, 15) is 19.8 Å². The molecule has 0 aromatic heterocycles. The molecule has 24 heavy (non-hydrogen) atoms. The second kappa shape index (κ2) is 8.48. The van der Waals surface area contributed by atoms with Gasteiger partial charge in [-0.2, -0.15) is 0 Å². The lowest BCUT2D eigenvalue weighted by atomic mass is 9.98. The summed E-state index contributed by atoms with van der Waals surface area (Å²) in [5.41, 5.74) is 0.803. The van der Waals surface area contributed by atoms with Crippen LogP contribution in [0.5, 0.6) is 11.5 Å². The van der Waals surface area contributed by atoms with E-state index >= 15 is 0 Å². The molecule has 2 N–H and O–H groups in total. The van der Waals surface area contributed by atoms with Crippen molar-refractivity contribution in [2.45, 2.75) is 12.2 Å². The lowest BCUT2D eigenvalue weighted by Crippen LogP contribution is -2.10. The molecule has 0 aliphatic rings. The largest absolute Gasteiger partial charge is 0.453 e. The summed E-state index contributed by atoms with van der Waals surface area (Å²) in [6.45, 7) is 0. The number of hydrogen-bond donors (Lipinski definition) is 2. The summed E-state index contributed by atoms with van der Waals surface area (Å²) in [7, 11) is 0. The van der Waals surface area contributed by atoms with Crippen LogP contribution in [0.25, 0.3) is 0 Å². The molecule has 0 saturated carbocycles. The molecule has 122 valence electrons. The van der Waals surface area contributed by atoms with Gasteiger partial charge in [0.05, 0.1) is 0 Å².